The van der Waals surface area contributed by atoms with Crippen molar-refractivity contribution in [2.75, 3.05) is 30.4 Å². The number of benzene rings is 1. The molecule has 0 saturated carbocycles. The van der Waals surface area contributed by atoms with E-state index in [1.54, 1.807) is 4.90 Å². The third-order valence-electron chi connectivity index (χ3n) is 4.34. The number of rotatable bonds is 4. The topological polar surface area (TPSA) is 72.9 Å². The van der Waals surface area contributed by atoms with Gasteiger partial charge in [0, 0.05) is 37.6 Å². The molecule has 2 rings (SSSR count). The van der Waals surface area contributed by atoms with E-state index in [9.17, 15) is 9.59 Å². The van der Waals surface area contributed by atoms with E-state index in [0.717, 1.165) is 17.8 Å². The van der Waals surface area contributed by atoms with Crippen LogP contribution in [0.1, 0.15) is 26.7 Å². The van der Waals surface area contributed by atoms with Crippen molar-refractivity contribution >= 4 is 23.4 Å². The zero-order valence-corrected chi connectivity index (χ0v) is 14.0. The van der Waals surface area contributed by atoms with Crippen LogP contribution in [0.25, 0.3) is 0 Å². The molecule has 6 nitrogen and oxygen atoms in total. The molecule has 1 aromatic carbocycles. The lowest BCUT2D eigenvalue weighted by Crippen LogP contribution is -2.44. The SMILES string of the molecule is CC(C)N(C)c1cccc(NC(=O)N2CCCC(C(=O)O)C2)c1. The van der Waals surface area contributed by atoms with Crippen LogP contribution >= 0.6 is 0 Å². The van der Waals surface area contributed by atoms with Crippen LogP contribution in [0.4, 0.5) is 16.2 Å². The van der Waals surface area contributed by atoms with Gasteiger partial charge in [0.1, 0.15) is 0 Å². The molecule has 2 amide bonds. The standard InChI is InChI=1S/C17H25N3O3/c1-12(2)19(3)15-8-4-7-14(10-15)18-17(23)20-9-5-6-13(11-20)16(21)22/h4,7-8,10,12-13H,5-6,9,11H2,1-3H3,(H,18,23)(H,21,22). The molecule has 1 fully saturated rings. The third kappa shape index (κ3) is 4.37. The molecule has 0 spiro atoms. The van der Waals surface area contributed by atoms with Gasteiger partial charge in [-0.1, -0.05) is 6.07 Å². The number of nitrogens with zero attached hydrogens (tertiary/aromatic N) is 2. The summed E-state index contributed by atoms with van der Waals surface area (Å²) < 4.78 is 0. The molecule has 0 radical (unpaired) electrons. The number of anilines is 2. The normalized spacial score (nSPS) is 17.9. The molecule has 1 aliphatic rings. The second kappa shape index (κ2) is 7.35. The van der Waals surface area contributed by atoms with Gasteiger partial charge >= 0.3 is 12.0 Å². The Morgan fingerprint density at radius 1 is 1.39 bits per heavy atom. The molecule has 2 N–H and O–H groups in total. The maximum atomic E-state index is 12.4. The van der Waals surface area contributed by atoms with Crippen molar-refractivity contribution in [3.8, 4) is 0 Å². The van der Waals surface area contributed by atoms with E-state index in [2.05, 4.69) is 24.1 Å². The summed E-state index contributed by atoms with van der Waals surface area (Å²) in [5.74, 6) is -1.30. The summed E-state index contributed by atoms with van der Waals surface area (Å²) in [5.41, 5.74) is 1.75. The van der Waals surface area contributed by atoms with Gasteiger partial charge < -0.3 is 20.2 Å². The highest BCUT2D eigenvalue weighted by atomic mass is 16.4. The Morgan fingerprint density at radius 2 is 2.13 bits per heavy atom. The minimum absolute atomic E-state index is 0.236. The van der Waals surface area contributed by atoms with E-state index in [1.807, 2.05) is 31.3 Å². The minimum atomic E-state index is -0.831. The van der Waals surface area contributed by atoms with Crippen molar-refractivity contribution in [3.05, 3.63) is 24.3 Å². The molecule has 1 saturated heterocycles. The fourth-order valence-corrected chi connectivity index (χ4v) is 2.67. The number of piperidine rings is 1. The lowest BCUT2D eigenvalue weighted by Gasteiger charge is -2.31. The van der Waals surface area contributed by atoms with Crippen molar-refractivity contribution in [2.45, 2.75) is 32.7 Å². The van der Waals surface area contributed by atoms with E-state index in [-0.39, 0.29) is 12.6 Å². The van der Waals surface area contributed by atoms with Crippen LogP contribution in [0.2, 0.25) is 0 Å². The second-order valence-electron chi connectivity index (χ2n) is 6.31. The van der Waals surface area contributed by atoms with E-state index in [0.29, 0.717) is 19.0 Å². The van der Waals surface area contributed by atoms with Crippen LogP contribution in [0.5, 0.6) is 0 Å². The molecule has 1 aliphatic heterocycles. The number of amides is 2. The maximum Gasteiger partial charge on any atom is 0.321 e. The second-order valence-corrected chi connectivity index (χ2v) is 6.31. The first kappa shape index (κ1) is 17.1. The predicted octanol–water partition coefficient (Wildman–Crippen LogP) is 2.86. The summed E-state index contributed by atoms with van der Waals surface area (Å²) in [4.78, 5) is 27.2. The summed E-state index contributed by atoms with van der Waals surface area (Å²) in [6.45, 7) is 5.07. The average Bonchev–Trinajstić information content (AvgIpc) is 2.54. The number of aliphatic carboxylic acids is 1. The molecular formula is C17H25N3O3. The van der Waals surface area contributed by atoms with Gasteiger partial charge in [0.25, 0.3) is 0 Å². The zero-order valence-electron chi connectivity index (χ0n) is 14.0. The van der Waals surface area contributed by atoms with E-state index >= 15 is 0 Å². The van der Waals surface area contributed by atoms with Gasteiger partial charge in [-0.05, 0) is 44.9 Å². The Labute approximate surface area is 137 Å². The number of nitrogens with one attached hydrogen (secondary N) is 1. The van der Waals surface area contributed by atoms with Crippen LogP contribution in [0.15, 0.2) is 24.3 Å². The summed E-state index contributed by atoms with van der Waals surface area (Å²) in [5, 5.41) is 12.0. The maximum absolute atomic E-state index is 12.4. The molecule has 0 aliphatic carbocycles. The van der Waals surface area contributed by atoms with Gasteiger partial charge in [-0.3, -0.25) is 4.79 Å². The van der Waals surface area contributed by atoms with Gasteiger partial charge in [0.2, 0.25) is 0 Å². The van der Waals surface area contributed by atoms with Crippen LogP contribution < -0.4 is 10.2 Å². The summed E-state index contributed by atoms with van der Waals surface area (Å²) in [6, 6.07) is 7.79. The van der Waals surface area contributed by atoms with Gasteiger partial charge in [0.05, 0.1) is 5.92 Å². The lowest BCUT2D eigenvalue weighted by molar-refractivity contribution is -0.143. The van der Waals surface area contributed by atoms with E-state index in [1.165, 1.54) is 0 Å². The van der Waals surface area contributed by atoms with E-state index in [4.69, 9.17) is 5.11 Å². The van der Waals surface area contributed by atoms with Crippen molar-refractivity contribution in [1.29, 1.82) is 0 Å². The smallest absolute Gasteiger partial charge is 0.321 e. The number of carbonyl (C=O) groups excluding carboxylic acids is 1. The molecule has 1 unspecified atom stereocenters. The lowest BCUT2D eigenvalue weighted by atomic mass is 9.99. The molecule has 6 heteroatoms. The Balaban J connectivity index is 2.02. The van der Waals surface area contributed by atoms with Crippen LogP contribution in [0, 0.1) is 5.92 Å². The number of likely N-dealkylation sites (tertiary alicyclic amines) is 1. The van der Waals surface area contributed by atoms with Gasteiger partial charge in [-0.25, -0.2) is 4.79 Å². The molecule has 1 heterocycles. The first-order valence-corrected chi connectivity index (χ1v) is 8.00. The number of urea groups is 1. The number of carboxylic acids is 1. The van der Waals surface area contributed by atoms with Crippen LogP contribution in [-0.4, -0.2) is 48.2 Å². The summed E-state index contributed by atoms with van der Waals surface area (Å²) in [6.07, 6.45) is 1.36. The Kier molecular flexibility index (Phi) is 5.47. The van der Waals surface area contributed by atoms with Crippen LogP contribution in [0.3, 0.4) is 0 Å². The first-order valence-electron chi connectivity index (χ1n) is 8.00. The third-order valence-corrected chi connectivity index (χ3v) is 4.34. The van der Waals surface area contributed by atoms with Crippen molar-refractivity contribution < 1.29 is 14.7 Å². The molecule has 0 aromatic heterocycles. The van der Waals surface area contributed by atoms with Gasteiger partial charge in [-0.2, -0.15) is 0 Å². The highest BCUT2D eigenvalue weighted by Gasteiger charge is 2.28. The largest absolute Gasteiger partial charge is 0.481 e. The molecular weight excluding hydrogens is 294 g/mol. The first-order chi connectivity index (χ1) is 10.9. The fraction of sp³-hybridized carbons (Fsp3) is 0.529. The summed E-state index contributed by atoms with van der Waals surface area (Å²) >= 11 is 0. The van der Waals surface area contributed by atoms with Crippen molar-refractivity contribution in [3.63, 3.8) is 0 Å². The number of hydrogen-bond acceptors (Lipinski definition) is 3. The Bertz CT molecular complexity index is 574. The molecule has 23 heavy (non-hydrogen) atoms. The monoisotopic (exact) mass is 319 g/mol. The van der Waals surface area contributed by atoms with Crippen molar-refractivity contribution in [1.82, 2.24) is 4.90 Å². The fourth-order valence-electron chi connectivity index (χ4n) is 2.67. The van der Waals surface area contributed by atoms with Gasteiger partial charge in [-0.15, -0.1) is 0 Å². The zero-order chi connectivity index (χ0) is 17.0. The molecule has 126 valence electrons. The number of carboxylic acid groups (broad SMARTS) is 1. The minimum Gasteiger partial charge on any atom is -0.481 e. The summed E-state index contributed by atoms with van der Waals surface area (Å²) in [7, 11) is 2.01. The van der Waals surface area contributed by atoms with Crippen molar-refractivity contribution in [2.24, 2.45) is 5.92 Å². The number of carbonyl (C=O) groups is 2. The molecule has 0 bridgehead atoms. The predicted molar refractivity (Wildman–Crippen MR) is 90.9 cm³/mol. The molecule has 1 atom stereocenters. The average molecular weight is 319 g/mol. The Hall–Kier alpha value is -2.24. The van der Waals surface area contributed by atoms with Crippen LogP contribution in [-0.2, 0) is 4.79 Å². The van der Waals surface area contributed by atoms with E-state index < -0.39 is 11.9 Å². The quantitative estimate of drug-likeness (QED) is 0.895. The highest BCUT2D eigenvalue weighted by Crippen LogP contribution is 2.22. The highest BCUT2D eigenvalue weighted by molar-refractivity contribution is 5.90. The Morgan fingerprint density at radius 3 is 2.78 bits per heavy atom. The molecule has 1 aromatic rings. The number of hydrogen-bond donors (Lipinski definition) is 2. The van der Waals surface area contributed by atoms with Gasteiger partial charge in [0.15, 0.2) is 0 Å².